The van der Waals surface area contributed by atoms with Gasteiger partial charge in [0.2, 0.25) is 3.79 Å². The number of nitrogens with zero attached hydrogens (tertiary/aromatic N) is 2. The summed E-state index contributed by atoms with van der Waals surface area (Å²) in [6, 6.07) is 9.50. The number of nitrogens with one attached hydrogen (secondary N) is 1. The molecule has 1 heterocycles. The number of rotatable bonds is 4. The largest absolute Gasteiger partial charge is 0.445 e. The van der Waals surface area contributed by atoms with Crippen molar-refractivity contribution in [3.8, 4) is 11.3 Å². The summed E-state index contributed by atoms with van der Waals surface area (Å²) < 4.78 is 4.93. The van der Waals surface area contributed by atoms with Crippen molar-refractivity contribution in [2.24, 2.45) is 0 Å². The molecule has 0 aliphatic heterocycles. The number of carbonyl (C=O) groups is 1. The number of carbonyl (C=O) groups excluding carboxylic acids is 1. The van der Waals surface area contributed by atoms with Crippen LogP contribution in [0.25, 0.3) is 11.3 Å². The molecule has 0 aliphatic rings. The van der Waals surface area contributed by atoms with E-state index in [0.717, 1.165) is 5.56 Å². The van der Waals surface area contributed by atoms with Crippen LogP contribution in [0.3, 0.4) is 0 Å². The van der Waals surface area contributed by atoms with Crippen molar-refractivity contribution >= 4 is 46.6 Å². The molecule has 0 unspecified atom stereocenters. The van der Waals surface area contributed by atoms with Gasteiger partial charge in [-0.1, -0.05) is 65.1 Å². The highest BCUT2D eigenvalue weighted by molar-refractivity contribution is 6.67. The van der Waals surface area contributed by atoms with Crippen LogP contribution in [0.4, 0.5) is 10.5 Å². The van der Waals surface area contributed by atoms with Gasteiger partial charge in [0.1, 0.15) is 12.3 Å². The fourth-order valence-electron chi connectivity index (χ4n) is 1.78. The average molecular weight is 363 g/mol. The molecule has 2 rings (SSSR count). The van der Waals surface area contributed by atoms with Gasteiger partial charge in [0, 0.05) is 18.3 Å². The summed E-state index contributed by atoms with van der Waals surface area (Å²) >= 11 is 16.6. The molecule has 0 saturated heterocycles. The van der Waals surface area contributed by atoms with E-state index in [1.807, 2.05) is 37.3 Å². The van der Waals surface area contributed by atoms with Crippen LogP contribution in [0, 0.1) is 0 Å². The molecule has 1 aromatic carbocycles. The first-order valence-corrected chi connectivity index (χ1v) is 7.66. The SMILES string of the molecule is CCn1cc(NC(=O)OCC(Cl)(Cl)Cl)c(-c2ccccc2)n1. The third kappa shape index (κ3) is 4.80. The van der Waals surface area contributed by atoms with Crippen LogP contribution >= 0.6 is 34.8 Å². The lowest BCUT2D eigenvalue weighted by Gasteiger charge is -2.11. The number of hydrogen-bond donors (Lipinski definition) is 1. The highest BCUT2D eigenvalue weighted by atomic mass is 35.6. The summed E-state index contributed by atoms with van der Waals surface area (Å²) in [5, 5.41) is 7.04. The lowest BCUT2D eigenvalue weighted by atomic mass is 10.1. The number of aryl methyl sites for hydroxylation is 1. The van der Waals surface area contributed by atoms with E-state index in [4.69, 9.17) is 39.5 Å². The van der Waals surface area contributed by atoms with E-state index < -0.39 is 9.89 Å². The molecule has 0 atom stereocenters. The van der Waals surface area contributed by atoms with Crippen molar-refractivity contribution in [3.05, 3.63) is 36.5 Å². The van der Waals surface area contributed by atoms with E-state index in [1.54, 1.807) is 10.9 Å². The van der Waals surface area contributed by atoms with Crippen LogP contribution in [-0.2, 0) is 11.3 Å². The fraction of sp³-hybridized carbons (Fsp3) is 0.286. The van der Waals surface area contributed by atoms with Gasteiger partial charge in [-0.2, -0.15) is 5.10 Å². The maximum absolute atomic E-state index is 11.8. The number of hydrogen-bond acceptors (Lipinski definition) is 3. The molecule has 1 amide bonds. The highest BCUT2D eigenvalue weighted by Gasteiger charge is 2.23. The van der Waals surface area contributed by atoms with Gasteiger partial charge in [0.15, 0.2) is 0 Å². The Hall–Kier alpha value is -1.43. The van der Waals surface area contributed by atoms with Crippen molar-refractivity contribution in [2.75, 3.05) is 11.9 Å². The second kappa shape index (κ2) is 7.22. The molecule has 1 aromatic heterocycles. The summed E-state index contributed by atoms with van der Waals surface area (Å²) in [6.07, 6.45) is 1.01. The zero-order chi connectivity index (χ0) is 16.2. The monoisotopic (exact) mass is 361 g/mol. The predicted octanol–water partition coefficient (Wildman–Crippen LogP) is 4.49. The van der Waals surface area contributed by atoms with Crippen LogP contribution in [0.5, 0.6) is 0 Å². The molecule has 0 bridgehead atoms. The van der Waals surface area contributed by atoms with E-state index >= 15 is 0 Å². The Morgan fingerprint density at radius 2 is 2.00 bits per heavy atom. The van der Waals surface area contributed by atoms with Gasteiger partial charge in [-0.05, 0) is 6.92 Å². The second-order valence-corrected chi connectivity index (χ2v) is 6.95. The summed E-state index contributed by atoms with van der Waals surface area (Å²) in [4.78, 5) is 11.8. The number of halogens is 3. The molecule has 0 saturated carbocycles. The molecule has 118 valence electrons. The highest BCUT2D eigenvalue weighted by Crippen LogP contribution is 2.28. The van der Waals surface area contributed by atoms with Crippen molar-refractivity contribution in [1.29, 1.82) is 0 Å². The lowest BCUT2D eigenvalue weighted by molar-refractivity contribution is 0.164. The van der Waals surface area contributed by atoms with E-state index in [9.17, 15) is 4.79 Å². The zero-order valence-corrected chi connectivity index (χ0v) is 14.0. The Morgan fingerprint density at radius 3 is 2.59 bits per heavy atom. The number of amides is 1. The molecule has 5 nitrogen and oxygen atoms in total. The molecular formula is C14H14Cl3N3O2. The molecular weight excluding hydrogens is 349 g/mol. The number of anilines is 1. The average Bonchev–Trinajstić information content (AvgIpc) is 2.88. The molecule has 0 radical (unpaired) electrons. The molecule has 2 aromatic rings. The van der Waals surface area contributed by atoms with Gasteiger partial charge in [-0.25, -0.2) is 4.79 Å². The molecule has 0 fully saturated rings. The molecule has 22 heavy (non-hydrogen) atoms. The van der Waals surface area contributed by atoms with Crippen molar-refractivity contribution < 1.29 is 9.53 Å². The predicted molar refractivity (Wildman–Crippen MR) is 88.6 cm³/mol. The van der Waals surface area contributed by atoms with Gasteiger partial charge in [0.05, 0.1) is 5.69 Å². The van der Waals surface area contributed by atoms with Gasteiger partial charge in [-0.3, -0.25) is 10.00 Å². The fourth-order valence-corrected chi connectivity index (χ4v) is 1.94. The van der Waals surface area contributed by atoms with Gasteiger partial charge < -0.3 is 4.74 Å². The second-order valence-electron chi connectivity index (χ2n) is 4.43. The minimum atomic E-state index is -1.65. The maximum atomic E-state index is 11.8. The van der Waals surface area contributed by atoms with E-state index in [0.29, 0.717) is 17.9 Å². The first kappa shape index (κ1) is 16.9. The number of benzene rings is 1. The zero-order valence-electron chi connectivity index (χ0n) is 11.7. The van der Waals surface area contributed by atoms with Crippen molar-refractivity contribution in [1.82, 2.24) is 9.78 Å². The normalized spacial score (nSPS) is 11.3. The van der Waals surface area contributed by atoms with E-state index in [1.165, 1.54) is 0 Å². The topological polar surface area (TPSA) is 56.2 Å². The van der Waals surface area contributed by atoms with Gasteiger partial charge in [-0.15, -0.1) is 0 Å². The third-order valence-corrected chi connectivity index (χ3v) is 3.06. The van der Waals surface area contributed by atoms with Crippen molar-refractivity contribution in [3.63, 3.8) is 0 Å². The summed E-state index contributed by atoms with van der Waals surface area (Å²) in [6.45, 7) is 2.28. The molecule has 1 N–H and O–H groups in total. The lowest BCUT2D eigenvalue weighted by Crippen LogP contribution is -2.21. The molecule has 8 heteroatoms. The maximum Gasteiger partial charge on any atom is 0.411 e. The van der Waals surface area contributed by atoms with Gasteiger partial charge in [0.25, 0.3) is 0 Å². The van der Waals surface area contributed by atoms with Gasteiger partial charge >= 0.3 is 6.09 Å². The summed E-state index contributed by atoms with van der Waals surface area (Å²) in [5.41, 5.74) is 2.06. The summed E-state index contributed by atoms with van der Waals surface area (Å²) in [5.74, 6) is 0. The smallest absolute Gasteiger partial charge is 0.411 e. The first-order chi connectivity index (χ1) is 10.4. The van der Waals surface area contributed by atoms with E-state index in [2.05, 4.69) is 10.4 Å². The number of alkyl halides is 3. The third-order valence-electron chi connectivity index (χ3n) is 2.74. The Morgan fingerprint density at radius 1 is 1.32 bits per heavy atom. The number of aromatic nitrogens is 2. The Bertz CT molecular complexity index is 639. The minimum Gasteiger partial charge on any atom is -0.445 e. The van der Waals surface area contributed by atoms with Crippen LogP contribution < -0.4 is 5.32 Å². The van der Waals surface area contributed by atoms with Crippen LogP contribution in [0.1, 0.15) is 6.92 Å². The Labute approximate surface area is 143 Å². The van der Waals surface area contributed by atoms with Crippen molar-refractivity contribution in [2.45, 2.75) is 17.3 Å². The Balaban J connectivity index is 2.17. The number of ether oxygens (including phenoxy) is 1. The van der Waals surface area contributed by atoms with Crippen LogP contribution in [0.2, 0.25) is 0 Å². The van der Waals surface area contributed by atoms with Crippen LogP contribution in [-0.4, -0.2) is 26.3 Å². The summed E-state index contributed by atoms with van der Waals surface area (Å²) in [7, 11) is 0. The molecule has 0 spiro atoms. The first-order valence-electron chi connectivity index (χ1n) is 6.52. The van der Waals surface area contributed by atoms with Crippen LogP contribution in [0.15, 0.2) is 36.5 Å². The minimum absolute atomic E-state index is 0.341. The Kier molecular flexibility index (Phi) is 5.56. The van der Waals surface area contributed by atoms with E-state index in [-0.39, 0.29) is 6.61 Å². The quantitative estimate of drug-likeness (QED) is 0.815. The molecule has 0 aliphatic carbocycles. The standard InChI is InChI=1S/C14H14Cl3N3O2/c1-2-20-8-11(18-13(21)22-9-14(15,16)17)12(19-20)10-6-4-3-5-7-10/h3-8H,2,9H2,1H3,(H,18,21).